The largest absolute Gasteiger partial charge is 0.443 e. The van der Waals surface area contributed by atoms with Crippen LogP contribution in [0.25, 0.3) is 0 Å². The molecule has 0 saturated heterocycles. The predicted octanol–water partition coefficient (Wildman–Crippen LogP) is 4.92. The molecule has 0 heterocycles. The Bertz CT molecular complexity index is 758. The van der Waals surface area contributed by atoms with Gasteiger partial charge in [-0.25, -0.2) is 20.0 Å². The van der Waals surface area contributed by atoms with Crippen LogP contribution in [0.2, 0.25) is 5.02 Å². The number of halogens is 1. The lowest BCUT2D eigenvalue weighted by atomic mass is 10.2. The van der Waals surface area contributed by atoms with E-state index in [2.05, 4.69) is 5.43 Å². The molecule has 27 heavy (non-hydrogen) atoms. The molecule has 0 atom stereocenters. The molecule has 2 aromatic rings. The van der Waals surface area contributed by atoms with Gasteiger partial charge in [-0.3, -0.25) is 0 Å². The minimum atomic E-state index is -0.742. The lowest BCUT2D eigenvalue weighted by Crippen LogP contribution is -2.47. The summed E-state index contributed by atoms with van der Waals surface area (Å²) in [7, 11) is 0. The molecule has 0 saturated carbocycles. The summed E-state index contributed by atoms with van der Waals surface area (Å²) in [4.78, 5) is 24.6. The van der Waals surface area contributed by atoms with Crippen LogP contribution in [0, 0.1) is 0 Å². The number of hydrazine groups is 1. The maximum Gasteiger partial charge on any atom is 0.429 e. The molecule has 2 amide bonds. The molecule has 0 aliphatic carbocycles. The third kappa shape index (κ3) is 7.58. The van der Waals surface area contributed by atoms with Crippen molar-refractivity contribution in [3.05, 3.63) is 70.7 Å². The monoisotopic (exact) mass is 390 g/mol. The van der Waals surface area contributed by atoms with Crippen molar-refractivity contribution in [2.75, 3.05) is 0 Å². The van der Waals surface area contributed by atoms with Gasteiger partial charge in [0.15, 0.2) is 0 Å². The number of benzene rings is 2. The van der Waals surface area contributed by atoms with Crippen molar-refractivity contribution in [2.45, 2.75) is 39.5 Å². The Labute approximate surface area is 164 Å². The predicted molar refractivity (Wildman–Crippen MR) is 103 cm³/mol. The summed E-state index contributed by atoms with van der Waals surface area (Å²) in [6.07, 6.45) is -1.44. The highest BCUT2D eigenvalue weighted by atomic mass is 35.5. The lowest BCUT2D eigenvalue weighted by Gasteiger charge is -2.25. The molecule has 1 N–H and O–H groups in total. The van der Waals surface area contributed by atoms with E-state index < -0.39 is 17.8 Å². The maximum absolute atomic E-state index is 12.5. The van der Waals surface area contributed by atoms with E-state index >= 15 is 0 Å². The van der Waals surface area contributed by atoms with Crippen LogP contribution in [0.15, 0.2) is 54.6 Å². The average molecular weight is 391 g/mol. The molecular formula is C20H23ClN2O4. The van der Waals surface area contributed by atoms with Gasteiger partial charge < -0.3 is 9.47 Å². The van der Waals surface area contributed by atoms with Crippen LogP contribution in [0.3, 0.4) is 0 Å². The fourth-order valence-corrected chi connectivity index (χ4v) is 2.26. The SMILES string of the molecule is CC(C)(C)OC(=O)NN(Cc1ccc(Cl)cc1)C(=O)OCc1ccccc1. The van der Waals surface area contributed by atoms with E-state index in [0.29, 0.717) is 5.02 Å². The number of ether oxygens (including phenoxy) is 2. The van der Waals surface area contributed by atoms with Crippen molar-refractivity contribution in [1.29, 1.82) is 0 Å². The molecule has 0 aromatic heterocycles. The molecular weight excluding hydrogens is 368 g/mol. The molecule has 7 heteroatoms. The second-order valence-electron chi connectivity index (χ2n) is 6.87. The van der Waals surface area contributed by atoms with Crippen LogP contribution in [0.1, 0.15) is 31.9 Å². The number of amides is 2. The van der Waals surface area contributed by atoms with Gasteiger partial charge in [0.2, 0.25) is 0 Å². The zero-order valence-corrected chi connectivity index (χ0v) is 16.3. The van der Waals surface area contributed by atoms with Crippen molar-refractivity contribution in [3.63, 3.8) is 0 Å². The maximum atomic E-state index is 12.5. The highest BCUT2D eigenvalue weighted by Gasteiger charge is 2.22. The third-order valence-electron chi connectivity index (χ3n) is 3.30. The van der Waals surface area contributed by atoms with Gasteiger partial charge in [-0.1, -0.05) is 54.1 Å². The molecule has 0 aliphatic heterocycles. The van der Waals surface area contributed by atoms with Gasteiger partial charge in [0.05, 0.1) is 6.54 Å². The van der Waals surface area contributed by atoms with Gasteiger partial charge in [0.1, 0.15) is 12.2 Å². The number of rotatable bonds is 4. The smallest absolute Gasteiger partial charge is 0.429 e. The zero-order chi connectivity index (χ0) is 19.9. The summed E-state index contributed by atoms with van der Waals surface area (Å²) < 4.78 is 10.5. The van der Waals surface area contributed by atoms with E-state index in [1.165, 1.54) is 0 Å². The van der Waals surface area contributed by atoms with Gasteiger partial charge in [0, 0.05) is 5.02 Å². The van der Waals surface area contributed by atoms with Crippen molar-refractivity contribution in [1.82, 2.24) is 10.4 Å². The molecule has 2 aromatic carbocycles. The highest BCUT2D eigenvalue weighted by molar-refractivity contribution is 6.30. The number of nitrogens with one attached hydrogen (secondary N) is 1. The summed E-state index contributed by atoms with van der Waals surface area (Å²) in [6, 6.07) is 16.2. The Morgan fingerprint density at radius 3 is 2.22 bits per heavy atom. The lowest BCUT2D eigenvalue weighted by molar-refractivity contribution is 0.0253. The molecule has 2 rings (SSSR count). The Balaban J connectivity index is 2.06. The van der Waals surface area contributed by atoms with Gasteiger partial charge in [-0.05, 0) is 44.0 Å². The minimum absolute atomic E-state index is 0.0901. The number of carbonyl (C=O) groups excluding carboxylic acids is 2. The van der Waals surface area contributed by atoms with Crippen LogP contribution in [0.5, 0.6) is 0 Å². The Morgan fingerprint density at radius 2 is 1.63 bits per heavy atom. The van der Waals surface area contributed by atoms with E-state index in [4.69, 9.17) is 21.1 Å². The van der Waals surface area contributed by atoms with E-state index in [1.54, 1.807) is 45.0 Å². The summed E-state index contributed by atoms with van der Waals surface area (Å²) in [6.45, 7) is 5.41. The third-order valence-corrected chi connectivity index (χ3v) is 3.56. The number of hydrogen-bond acceptors (Lipinski definition) is 4. The van der Waals surface area contributed by atoms with E-state index in [-0.39, 0.29) is 13.2 Å². The molecule has 0 aliphatic rings. The Kier molecular flexibility index (Phi) is 7.07. The Hall–Kier alpha value is -2.73. The fourth-order valence-electron chi connectivity index (χ4n) is 2.13. The topological polar surface area (TPSA) is 67.9 Å². The summed E-state index contributed by atoms with van der Waals surface area (Å²) in [5.41, 5.74) is 3.36. The second-order valence-corrected chi connectivity index (χ2v) is 7.30. The van der Waals surface area contributed by atoms with Gasteiger partial charge in [-0.2, -0.15) is 0 Å². The van der Waals surface area contributed by atoms with Gasteiger partial charge in [0.25, 0.3) is 0 Å². The molecule has 0 radical (unpaired) electrons. The molecule has 0 spiro atoms. The average Bonchev–Trinajstić information content (AvgIpc) is 2.60. The van der Waals surface area contributed by atoms with Crippen LogP contribution in [-0.4, -0.2) is 22.8 Å². The quantitative estimate of drug-likeness (QED) is 0.752. The van der Waals surface area contributed by atoms with Crippen molar-refractivity contribution in [3.8, 4) is 0 Å². The fraction of sp³-hybridized carbons (Fsp3) is 0.300. The highest BCUT2D eigenvalue weighted by Crippen LogP contribution is 2.13. The van der Waals surface area contributed by atoms with Crippen LogP contribution < -0.4 is 5.43 Å². The van der Waals surface area contributed by atoms with Gasteiger partial charge >= 0.3 is 12.2 Å². The first kappa shape index (κ1) is 20.6. The minimum Gasteiger partial charge on any atom is -0.443 e. The molecule has 0 bridgehead atoms. The first-order valence-corrected chi connectivity index (χ1v) is 8.83. The first-order valence-electron chi connectivity index (χ1n) is 8.45. The van der Waals surface area contributed by atoms with Crippen LogP contribution in [-0.2, 0) is 22.6 Å². The number of nitrogens with zero attached hydrogens (tertiary/aromatic N) is 1. The molecule has 0 unspecified atom stereocenters. The van der Waals surface area contributed by atoms with Gasteiger partial charge in [-0.15, -0.1) is 0 Å². The van der Waals surface area contributed by atoms with E-state index in [9.17, 15) is 9.59 Å². The summed E-state index contributed by atoms with van der Waals surface area (Å²) >= 11 is 5.89. The second kappa shape index (κ2) is 9.28. The Morgan fingerprint density at radius 1 is 1.00 bits per heavy atom. The summed E-state index contributed by atoms with van der Waals surface area (Å²) in [5.74, 6) is 0. The van der Waals surface area contributed by atoms with E-state index in [1.807, 2.05) is 30.3 Å². The normalized spacial score (nSPS) is 10.8. The number of carbonyl (C=O) groups is 2. The van der Waals surface area contributed by atoms with E-state index in [0.717, 1.165) is 16.1 Å². The molecule has 0 fully saturated rings. The molecule has 144 valence electrons. The zero-order valence-electron chi connectivity index (χ0n) is 15.6. The number of hydrogen-bond donors (Lipinski definition) is 1. The summed E-state index contributed by atoms with van der Waals surface area (Å²) in [5, 5.41) is 1.65. The molecule has 6 nitrogen and oxygen atoms in total. The van der Waals surface area contributed by atoms with Crippen LogP contribution >= 0.6 is 11.6 Å². The van der Waals surface area contributed by atoms with Crippen molar-refractivity contribution >= 4 is 23.8 Å². The van der Waals surface area contributed by atoms with Crippen molar-refractivity contribution in [2.24, 2.45) is 0 Å². The first-order chi connectivity index (χ1) is 12.7. The van der Waals surface area contributed by atoms with Crippen molar-refractivity contribution < 1.29 is 19.1 Å². The standard InChI is InChI=1S/C20H23ClN2O4/c1-20(2,3)27-18(24)22-23(13-15-9-11-17(21)12-10-15)19(25)26-14-16-7-5-4-6-8-16/h4-12H,13-14H2,1-3H3,(H,22,24). The van der Waals surface area contributed by atoms with Crippen LogP contribution in [0.4, 0.5) is 9.59 Å².